The third kappa shape index (κ3) is 5.07. The number of rotatable bonds is 10. The number of ether oxygens (including phenoxy) is 2. The number of benzene rings is 1. The van der Waals surface area contributed by atoms with E-state index in [4.69, 9.17) is 15.2 Å². The number of halogens is 1. The van der Waals surface area contributed by atoms with E-state index in [-0.39, 0.29) is 12.4 Å². The zero-order valence-corrected chi connectivity index (χ0v) is 12.4. The highest BCUT2D eigenvalue weighted by Crippen LogP contribution is 2.22. The second-order valence-corrected chi connectivity index (χ2v) is 4.32. The molecule has 0 unspecified atom stereocenters. The molecule has 0 aliphatic rings. The molecule has 0 fully saturated rings. The van der Waals surface area contributed by atoms with Gasteiger partial charge in [0.2, 0.25) is 0 Å². The molecule has 20 heavy (non-hydrogen) atoms. The number of hydrogen-bond donors (Lipinski definition) is 1. The van der Waals surface area contributed by atoms with Crippen molar-refractivity contribution in [2.24, 2.45) is 5.73 Å². The highest BCUT2D eigenvalue weighted by atomic mass is 19.1. The first-order chi connectivity index (χ1) is 9.74. The van der Waals surface area contributed by atoms with Crippen molar-refractivity contribution >= 4 is 5.69 Å². The SMILES string of the molecule is CCOCCN(CCOCC)c1cccc(F)c1CN. The van der Waals surface area contributed by atoms with Crippen LogP contribution in [0.4, 0.5) is 10.1 Å². The van der Waals surface area contributed by atoms with Crippen molar-refractivity contribution in [3.05, 3.63) is 29.6 Å². The summed E-state index contributed by atoms with van der Waals surface area (Å²) in [6, 6.07) is 5.04. The van der Waals surface area contributed by atoms with Gasteiger partial charge in [0, 0.05) is 44.1 Å². The second-order valence-electron chi connectivity index (χ2n) is 4.32. The van der Waals surface area contributed by atoms with E-state index in [1.165, 1.54) is 6.07 Å². The molecular weight excluding hydrogens is 259 g/mol. The van der Waals surface area contributed by atoms with Gasteiger partial charge in [-0.1, -0.05) is 6.07 Å². The largest absolute Gasteiger partial charge is 0.380 e. The summed E-state index contributed by atoms with van der Waals surface area (Å²) in [6.07, 6.45) is 0. The lowest BCUT2D eigenvalue weighted by molar-refractivity contribution is 0.141. The van der Waals surface area contributed by atoms with Crippen molar-refractivity contribution in [2.45, 2.75) is 20.4 Å². The molecular formula is C15H25FN2O2. The van der Waals surface area contributed by atoms with E-state index in [0.717, 1.165) is 5.69 Å². The Kier molecular flexibility index (Phi) is 8.18. The van der Waals surface area contributed by atoms with Crippen LogP contribution in [0, 0.1) is 5.82 Å². The van der Waals surface area contributed by atoms with Crippen molar-refractivity contribution in [3.8, 4) is 0 Å². The Labute approximate surface area is 120 Å². The predicted molar refractivity (Wildman–Crippen MR) is 79.5 cm³/mol. The maximum Gasteiger partial charge on any atom is 0.129 e. The van der Waals surface area contributed by atoms with E-state index in [0.29, 0.717) is 45.1 Å². The van der Waals surface area contributed by atoms with Crippen LogP contribution in [0.15, 0.2) is 18.2 Å². The minimum absolute atomic E-state index is 0.182. The summed E-state index contributed by atoms with van der Waals surface area (Å²) in [6.45, 7) is 8.03. The van der Waals surface area contributed by atoms with Gasteiger partial charge in [-0.25, -0.2) is 4.39 Å². The molecule has 1 aromatic carbocycles. The molecule has 0 saturated carbocycles. The van der Waals surface area contributed by atoms with E-state index in [2.05, 4.69) is 4.90 Å². The average molecular weight is 284 g/mol. The zero-order valence-electron chi connectivity index (χ0n) is 12.4. The van der Waals surface area contributed by atoms with Crippen LogP contribution >= 0.6 is 0 Å². The Morgan fingerprint density at radius 3 is 2.20 bits per heavy atom. The molecule has 0 saturated heterocycles. The summed E-state index contributed by atoms with van der Waals surface area (Å²) < 4.78 is 24.6. The fraction of sp³-hybridized carbons (Fsp3) is 0.600. The van der Waals surface area contributed by atoms with Gasteiger partial charge in [-0.05, 0) is 26.0 Å². The van der Waals surface area contributed by atoms with Gasteiger partial charge in [0.15, 0.2) is 0 Å². The van der Waals surface area contributed by atoms with Gasteiger partial charge in [0.1, 0.15) is 5.82 Å². The third-order valence-corrected chi connectivity index (χ3v) is 3.06. The highest BCUT2D eigenvalue weighted by molar-refractivity contribution is 5.54. The summed E-state index contributed by atoms with van der Waals surface area (Å²) in [7, 11) is 0. The van der Waals surface area contributed by atoms with Gasteiger partial charge in [-0.2, -0.15) is 0 Å². The van der Waals surface area contributed by atoms with Gasteiger partial charge in [-0.15, -0.1) is 0 Å². The van der Waals surface area contributed by atoms with Crippen LogP contribution in [0.25, 0.3) is 0 Å². The van der Waals surface area contributed by atoms with Gasteiger partial charge in [-0.3, -0.25) is 0 Å². The van der Waals surface area contributed by atoms with Crippen molar-refractivity contribution in [1.29, 1.82) is 0 Å². The minimum Gasteiger partial charge on any atom is -0.380 e. The normalized spacial score (nSPS) is 10.8. The van der Waals surface area contributed by atoms with E-state index in [1.807, 2.05) is 19.9 Å². The van der Waals surface area contributed by atoms with E-state index in [1.54, 1.807) is 6.07 Å². The van der Waals surface area contributed by atoms with E-state index < -0.39 is 0 Å². The van der Waals surface area contributed by atoms with Crippen LogP contribution in [0.3, 0.4) is 0 Å². The summed E-state index contributed by atoms with van der Waals surface area (Å²) in [4.78, 5) is 2.07. The molecule has 0 spiro atoms. The Morgan fingerprint density at radius 2 is 1.70 bits per heavy atom. The lowest BCUT2D eigenvalue weighted by atomic mass is 10.1. The molecule has 0 aliphatic carbocycles. The first-order valence-electron chi connectivity index (χ1n) is 7.12. The first kappa shape index (κ1) is 16.9. The Balaban J connectivity index is 2.81. The first-order valence-corrected chi connectivity index (χ1v) is 7.12. The van der Waals surface area contributed by atoms with Crippen molar-refractivity contribution < 1.29 is 13.9 Å². The van der Waals surface area contributed by atoms with E-state index >= 15 is 0 Å². The fourth-order valence-electron chi connectivity index (χ4n) is 2.04. The molecule has 0 heterocycles. The monoisotopic (exact) mass is 284 g/mol. The molecule has 4 nitrogen and oxygen atoms in total. The molecule has 1 aromatic rings. The molecule has 0 aromatic heterocycles. The Hall–Kier alpha value is -1.17. The minimum atomic E-state index is -0.261. The van der Waals surface area contributed by atoms with Crippen LogP contribution in [-0.2, 0) is 16.0 Å². The molecule has 0 radical (unpaired) electrons. The number of anilines is 1. The standard InChI is InChI=1S/C15H25FN2O2/c1-3-19-10-8-18(9-11-20-4-2)15-7-5-6-14(16)13(15)12-17/h5-7H,3-4,8-12,17H2,1-2H3. The van der Waals surface area contributed by atoms with Crippen molar-refractivity contribution in [1.82, 2.24) is 0 Å². The molecule has 0 aliphatic heterocycles. The Morgan fingerprint density at radius 1 is 1.10 bits per heavy atom. The van der Waals surface area contributed by atoms with Gasteiger partial charge in [0.05, 0.1) is 13.2 Å². The lowest BCUT2D eigenvalue weighted by Crippen LogP contribution is -2.32. The summed E-state index contributed by atoms with van der Waals surface area (Å²) in [5.74, 6) is -0.261. The molecule has 5 heteroatoms. The zero-order chi connectivity index (χ0) is 14.8. The number of hydrogen-bond acceptors (Lipinski definition) is 4. The number of nitrogens with two attached hydrogens (primary N) is 1. The smallest absolute Gasteiger partial charge is 0.129 e. The third-order valence-electron chi connectivity index (χ3n) is 3.06. The van der Waals surface area contributed by atoms with Crippen molar-refractivity contribution in [2.75, 3.05) is 44.4 Å². The summed E-state index contributed by atoms with van der Waals surface area (Å²) in [5.41, 5.74) is 7.04. The maximum atomic E-state index is 13.8. The summed E-state index contributed by atoms with van der Waals surface area (Å²) in [5, 5.41) is 0. The topological polar surface area (TPSA) is 47.7 Å². The van der Waals surface area contributed by atoms with E-state index in [9.17, 15) is 4.39 Å². The average Bonchev–Trinajstić information content (AvgIpc) is 2.46. The fourth-order valence-corrected chi connectivity index (χ4v) is 2.04. The van der Waals surface area contributed by atoms with Crippen LogP contribution < -0.4 is 10.6 Å². The van der Waals surface area contributed by atoms with Crippen LogP contribution in [0.5, 0.6) is 0 Å². The maximum absolute atomic E-state index is 13.8. The van der Waals surface area contributed by atoms with Gasteiger partial charge >= 0.3 is 0 Å². The van der Waals surface area contributed by atoms with Gasteiger partial charge < -0.3 is 20.1 Å². The number of nitrogens with zero attached hydrogens (tertiary/aromatic N) is 1. The lowest BCUT2D eigenvalue weighted by Gasteiger charge is -2.27. The predicted octanol–water partition coefficient (Wildman–Crippen LogP) is 2.16. The molecule has 0 bridgehead atoms. The van der Waals surface area contributed by atoms with Crippen molar-refractivity contribution in [3.63, 3.8) is 0 Å². The molecule has 114 valence electrons. The molecule has 0 amide bonds. The quantitative estimate of drug-likeness (QED) is 0.669. The molecule has 2 N–H and O–H groups in total. The van der Waals surface area contributed by atoms with Crippen LogP contribution in [-0.4, -0.2) is 39.5 Å². The van der Waals surface area contributed by atoms with Crippen LogP contribution in [0.1, 0.15) is 19.4 Å². The molecule has 1 rings (SSSR count). The Bertz CT molecular complexity index is 378. The highest BCUT2D eigenvalue weighted by Gasteiger charge is 2.13. The summed E-state index contributed by atoms with van der Waals surface area (Å²) >= 11 is 0. The van der Waals surface area contributed by atoms with Crippen LogP contribution in [0.2, 0.25) is 0 Å². The van der Waals surface area contributed by atoms with Gasteiger partial charge in [0.25, 0.3) is 0 Å². The second kappa shape index (κ2) is 9.69. The molecule has 0 atom stereocenters.